The van der Waals surface area contributed by atoms with E-state index in [1.165, 1.54) is 21.9 Å². The summed E-state index contributed by atoms with van der Waals surface area (Å²) in [5.41, 5.74) is -2.81. The van der Waals surface area contributed by atoms with Crippen LogP contribution in [-0.4, -0.2) is 68.7 Å². The maximum absolute atomic E-state index is 15.8. The lowest BCUT2D eigenvalue weighted by Crippen LogP contribution is -2.46. The Morgan fingerprint density at radius 3 is 1.01 bits per heavy atom. The van der Waals surface area contributed by atoms with E-state index in [2.05, 4.69) is 0 Å². The number of carbonyl (C=O) groups excluding carboxylic acids is 6. The number of hydrogen-bond donors (Lipinski definition) is 0. The first-order valence-electron chi connectivity index (χ1n) is 26.4. The number of esters is 4. The van der Waals surface area contributed by atoms with Gasteiger partial charge in [-0.05, 0) is 106 Å². The van der Waals surface area contributed by atoms with Crippen molar-refractivity contribution in [3.05, 3.63) is 211 Å². The van der Waals surface area contributed by atoms with Gasteiger partial charge < -0.3 is 18.9 Å². The zero-order valence-electron chi connectivity index (χ0n) is 45.4. The number of thiophene rings is 2. The predicted molar refractivity (Wildman–Crippen MR) is 320 cm³/mol. The van der Waals surface area contributed by atoms with Crippen molar-refractivity contribution in [1.82, 2.24) is 9.80 Å². The minimum atomic E-state index is -2.49. The van der Waals surface area contributed by atoms with Gasteiger partial charge >= 0.3 is 23.9 Å². The fourth-order valence-electron chi connectivity index (χ4n) is 10.4. The molecule has 86 heavy (non-hydrogen) atoms. The van der Waals surface area contributed by atoms with Gasteiger partial charge in [-0.3, -0.25) is 38.6 Å². The number of benzene rings is 5. The van der Waals surface area contributed by atoms with Crippen molar-refractivity contribution >= 4 is 102 Å². The van der Waals surface area contributed by atoms with Gasteiger partial charge in [-0.2, -0.15) is 21.0 Å². The average molecular weight is 1210 g/mol. The van der Waals surface area contributed by atoms with Gasteiger partial charge in [0.05, 0.1) is 0 Å². The van der Waals surface area contributed by atoms with Gasteiger partial charge in [0.25, 0.3) is 11.8 Å². The molecule has 0 bridgehead atoms. The smallest absolute Gasteiger partial charge is 0.333 e. The van der Waals surface area contributed by atoms with Crippen LogP contribution in [0, 0.1) is 45.3 Å². The second-order valence-electron chi connectivity index (χ2n) is 19.3. The number of thioether (sulfide) groups is 2. The Bertz CT molecular complexity index is 3880. The van der Waals surface area contributed by atoms with Crippen LogP contribution >= 0.6 is 46.2 Å². The van der Waals surface area contributed by atoms with Gasteiger partial charge in [-0.1, -0.05) is 121 Å². The van der Waals surface area contributed by atoms with E-state index in [0.29, 0.717) is 22.3 Å². The number of nitrogens with zero attached hydrogens (tertiary/aromatic N) is 8. The molecule has 2 aliphatic heterocycles. The van der Waals surface area contributed by atoms with E-state index in [1.807, 2.05) is 24.3 Å². The Hall–Kier alpha value is -10.2. The van der Waals surface area contributed by atoms with Gasteiger partial charge in [0.15, 0.2) is 21.2 Å². The van der Waals surface area contributed by atoms with Crippen LogP contribution in [0.2, 0.25) is 0 Å². The summed E-state index contributed by atoms with van der Waals surface area (Å²) in [6, 6.07) is 48.5. The molecule has 0 N–H and O–H groups in total. The third-order valence-corrected chi connectivity index (χ3v) is 18.7. The monoisotopic (exact) mass is 1210 g/mol. The van der Waals surface area contributed by atoms with Crippen molar-refractivity contribution in [3.63, 3.8) is 0 Å². The molecule has 18 nitrogen and oxygen atoms in total. The molecule has 0 spiro atoms. The molecule has 2 saturated heterocycles. The number of rotatable bonds is 16. The van der Waals surface area contributed by atoms with Gasteiger partial charge in [0, 0.05) is 34.0 Å². The number of fused-ring (bicyclic) bond motifs is 6. The highest BCUT2D eigenvalue weighted by Crippen LogP contribution is 2.62. The Labute approximate surface area is 508 Å². The summed E-state index contributed by atoms with van der Waals surface area (Å²) in [6.07, 6.45) is 0. The maximum Gasteiger partial charge on any atom is 0.333 e. The number of nitriles is 4. The molecular formula is C64H42N8O10S4. The topological polar surface area (TPSA) is 266 Å². The maximum atomic E-state index is 15.8. The minimum absolute atomic E-state index is 0.0301. The van der Waals surface area contributed by atoms with Crippen molar-refractivity contribution in [2.24, 2.45) is 9.98 Å². The van der Waals surface area contributed by atoms with Crippen LogP contribution in [0.4, 0.5) is 10.0 Å². The van der Waals surface area contributed by atoms with Gasteiger partial charge in [-0.15, -0.1) is 22.7 Å². The normalized spacial score (nSPS) is 15.6. The molecular weight excluding hydrogens is 1170 g/mol. The Morgan fingerprint density at radius 1 is 0.453 bits per heavy atom. The van der Waals surface area contributed by atoms with Crippen LogP contribution in [0.5, 0.6) is 0 Å². The molecule has 2 aromatic heterocycles. The fraction of sp³-hybridized carbons (Fsp3) is 0.156. The molecule has 0 radical (unpaired) electrons. The van der Waals surface area contributed by atoms with Crippen molar-refractivity contribution in [1.29, 1.82) is 21.0 Å². The van der Waals surface area contributed by atoms with Crippen LogP contribution in [0.15, 0.2) is 177 Å². The molecule has 0 atom stereocenters. The van der Waals surface area contributed by atoms with Crippen LogP contribution in [0.1, 0.15) is 58.4 Å². The van der Waals surface area contributed by atoms with E-state index in [9.17, 15) is 30.6 Å². The van der Waals surface area contributed by atoms with E-state index in [-0.39, 0.29) is 124 Å². The van der Waals surface area contributed by atoms with Crippen molar-refractivity contribution in [2.45, 2.75) is 51.1 Å². The van der Waals surface area contributed by atoms with E-state index in [4.69, 9.17) is 28.9 Å². The summed E-state index contributed by atoms with van der Waals surface area (Å²) in [7, 11) is 0. The van der Waals surface area contributed by atoms with Crippen LogP contribution in [0.3, 0.4) is 0 Å². The molecule has 4 aliphatic rings. The van der Waals surface area contributed by atoms with Gasteiger partial charge in [-0.25, -0.2) is 9.98 Å². The Morgan fingerprint density at radius 2 is 0.744 bits per heavy atom. The summed E-state index contributed by atoms with van der Waals surface area (Å²) in [5, 5.41) is 39.5. The summed E-state index contributed by atoms with van der Waals surface area (Å²) < 4.78 is 24.8. The molecule has 2 fully saturated rings. The molecule has 7 aromatic rings. The molecule has 22 heteroatoms. The third kappa shape index (κ3) is 10.00. The summed E-state index contributed by atoms with van der Waals surface area (Å²) >= 11 is 3.59. The van der Waals surface area contributed by atoms with Gasteiger partial charge in [0.2, 0.25) is 10.8 Å². The summed E-state index contributed by atoms with van der Waals surface area (Å²) in [6.45, 7) is 2.34. The van der Waals surface area contributed by atoms with Crippen LogP contribution in [-0.2, 0) is 85.0 Å². The lowest BCUT2D eigenvalue weighted by atomic mass is 9.75. The molecule has 0 unspecified atom stereocenters. The number of ether oxygens (including phenoxy) is 4. The van der Waals surface area contributed by atoms with E-state index >= 15 is 19.2 Å². The first-order chi connectivity index (χ1) is 41.8. The van der Waals surface area contributed by atoms with Crippen LogP contribution < -0.4 is 0 Å². The number of hydrogen-bond acceptors (Lipinski definition) is 20. The highest BCUT2D eigenvalue weighted by atomic mass is 32.2. The SMILES string of the molecule is CCN1C(=O)/C(=N/c2cc3c(s2)-c2cc4c(cc2C3(C(=O)OCc2ccccc2)C(=O)OCc2ccccc2)-c2sc(/N=C3\SC(=C(C#N)C#N)N(CC)C3=O)cc2C4(C(=O)OCc2ccccc2)C(=O)OCc2ccccc2)SC1=C(C#N)C#N. The number of allylic oxidation sites excluding steroid dienone is 2. The van der Waals surface area contributed by atoms with Crippen LogP contribution in [0.25, 0.3) is 20.9 Å². The summed E-state index contributed by atoms with van der Waals surface area (Å²) in [4.78, 5) is 104. The van der Waals surface area contributed by atoms with E-state index in [1.54, 1.807) is 147 Å². The fourth-order valence-corrected chi connectivity index (χ4v) is 14.8. The van der Waals surface area contributed by atoms with Crippen molar-refractivity contribution in [3.8, 4) is 45.2 Å². The van der Waals surface area contributed by atoms with E-state index in [0.717, 1.165) is 46.2 Å². The quantitative estimate of drug-likeness (QED) is 0.0377. The molecule has 422 valence electrons. The van der Waals surface area contributed by atoms with Crippen molar-refractivity contribution in [2.75, 3.05) is 13.1 Å². The zero-order chi connectivity index (χ0) is 60.3. The van der Waals surface area contributed by atoms with Crippen molar-refractivity contribution < 1.29 is 47.7 Å². The molecule has 4 heterocycles. The second kappa shape index (κ2) is 24.2. The minimum Gasteiger partial charge on any atom is -0.459 e. The first kappa shape index (κ1) is 57.6. The Balaban J connectivity index is 1.17. The largest absolute Gasteiger partial charge is 0.459 e. The Kier molecular flexibility index (Phi) is 16.2. The average Bonchev–Trinajstić information content (AvgIpc) is 1.52. The van der Waals surface area contributed by atoms with E-state index < -0.39 is 46.5 Å². The first-order valence-corrected chi connectivity index (χ1v) is 29.7. The molecule has 11 rings (SSSR count). The zero-order valence-corrected chi connectivity index (χ0v) is 48.7. The number of carbonyl (C=O) groups is 6. The lowest BCUT2D eigenvalue weighted by Gasteiger charge is -2.29. The lowest BCUT2D eigenvalue weighted by molar-refractivity contribution is -0.166. The molecule has 0 saturated carbocycles. The third-order valence-electron chi connectivity index (χ3n) is 14.4. The highest BCUT2D eigenvalue weighted by Gasteiger charge is 2.64. The second-order valence-corrected chi connectivity index (χ2v) is 23.3. The highest BCUT2D eigenvalue weighted by molar-refractivity contribution is 8.20. The number of amides is 2. The van der Waals surface area contributed by atoms with Gasteiger partial charge in [0.1, 0.15) is 70.8 Å². The molecule has 5 aromatic carbocycles. The standard InChI is InChI=1S/C64H42N8O10S4/c1-3-71-55(73)53(85-57(71)41(29-65)30-66)69-49-27-47-51(83-49)43-25-46-44(26-45(43)63(47,59(75)79-33-37-17-9-5-10-18-37)60(76)80-34-38-19-11-6-12-20-38)52-48(28-50(84-52)70-54-56(74)72(4-2)58(86-54)42(31-67)32-68)64(46,61(77)81-35-39-21-13-7-14-22-39)62(78)82-36-40-23-15-8-16-24-40/h5-28H,3-4,33-36H2,1-2H3/b69-53-,70-54-. The molecule has 2 amide bonds. The predicted octanol–water partition coefficient (Wildman–Crippen LogP) is 11.1. The molecule has 2 aliphatic carbocycles. The summed E-state index contributed by atoms with van der Waals surface area (Å²) in [5.74, 6) is -5.49. The number of aliphatic imine (C=N–C) groups is 2.